The Morgan fingerprint density at radius 3 is 2.95 bits per heavy atom. The number of rotatable bonds is 4. The molecular weight excluding hydrogens is 258 g/mol. The smallest absolute Gasteiger partial charge is 0.181 e. The van der Waals surface area contributed by atoms with Crippen molar-refractivity contribution in [2.75, 3.05) is 32.0 Å². The molecule has 1 aliphatic heterocycles. The van der Waals surface area contributed by atoms with Gasteiger partial charge in [-0.1, -0.05) is 17.8 Å². The second-order valence-electron chi connectivity index (χ2n) is 4.93. The fourth-order valence-corrected chi connectivity index (χ4v) is 3.25. The van der Waals surface area contributed by atoms with Crippen molar-refractivity contribution in [2.45, 2.75) is 19.3 Å². The first-order valence-corrected chi connectivity index (χ1v) is 7.64. The molecule has 2 aromatic rings. The van der Waals surface area contributed by atoms with Gasteiger partial charge in [-0.25, -0.2) is 4.98 Å². The summed E-state index contributed by atoms with van der Waals surface area (Å²) in [6.45, 7) is 4.20. The standard InChI is InChI=1S/C14H19N3OS/c15-14-16-12-5-4-11(10-13(12)19-14)18-9-8-17-6-2-1-3-7-17/h4-5,10H,1-3,6-9H2,(H2,15,16). The van der Waals surface area contributed by atoms with Crippen LogP contribution in [0.15, 0.2) is 18.2 Å². The summed E-state index contributed by atoms with van der Waals surface area (Å²) in [5.74, 6) is 0.910. The summed E-state index contributed by atoms with van der Waals surface area (Å²) in [5.41, 5.74) is 6.65. The Labute approximate surface area is 117 Å². The third kappa shape index (κ3) is 3.16. The van der Waals surface area contributed by atoms with E-state index in [0.29, 0.717) is 5.13 Å². The van der Waals surface area contributed by atoms with Gasteiger partial charge in [-0.2, -0.15) is 0 Å². The number of likely N-dealkylation sites (tertiary alicyclic amines) is 1. The Bertz CT molecular complexity index is 549. The summed E-state index contributed by atoms with van der Waals surface area (Å²) in [6, 6.07) is 5.97. The van der Waals surface area contributed by atoms with Crippen molar-refractivity contribution in [1.29, 1.82) is 0 Å². The fourth-order valence-electron chi connectivity index (χ4n) is 2.49. The highest BCUT2D eigenvalue weighted by Gasteiger charge is 2.09. The summed E-state index contributed by atoms with van der Waals surface area (Å²) in [4.78, 5) is 6.72. The van der Waals surface area contributed by atoms with Gasteiger partial charge in [0, 0.05) is 6.54 Å². The monoisotopic (exact) mass is 277 g/mol. The molecule has 5 heteroatoms. The number of piperidine rings is 1. The summed E-state index contributed by atoms with van der Waals surface area (Å²) in [7, 11) is 0. The first-order valence-electron chi connectivity index (χ1n) is 6.82. The molecule has 0 bridgehead atoms. The fraction of sp³-hybridized carbons (Fsp3) is 0.500. The van der Waals surface area contributed by atoms with Crippen molar-refractivity contribution < 1.29 is 4.74 Å². The van der Waals surface area contributed by atoms with Crippen molar-refractivity contribution in [3.63, 3.8) is 0 Å². The van der Waals surface area contributed by atoms with Crippen molar-refractivity contribution in [3.05, 3.63) is 18.2 Å². The van der Waals surface area contributed by atoms with Gasteiger partial charge in [0.25, 0.3) is 0 Å². The molecule has 0 unspecified atom stereocenters. The first-order chi connectivity index (χ1) is 9.31. The molecule has 1 aromatic heterocycles. The zero-order chi connectivity index (χ0) is 13.1. The number of hydrogen-bond donors (Lipinski definition) is 1. The van der Waals surface area contributed by atoms with E-state index in [2.05, 4.69) is 9.88 Å². The maximum absolute atomic E-state index is 5.82. The van der Waals surface area contributed by atoms with E-state index < -0.39 is 0 Å². The molecule has 102 valence electrons. The molecule has 4 nitrogen and oxygen atoms in total. The number of anilines is 1. The van der Waals surface area contributed by atoms with Gasteiger partial charge in [-0.15, -0.1) is 0 Å². The average molecular weight is 277 g/mol. The number of thiazole rings is 1. The topological polar surface area (TPSA) is 51.4 Å². The molecule has 0 amide bonds. The van der Waals surface area contributed by atoms with Crippen LogP contribution in [0, 0.1) is 0 Å². The van der Waals surface area contributed by atoms with E-state index in [0.717, 1.165) is 29.1 Å². The van der Waals surface area contributed by atoms with Gasteiger partial charge in [0.15, 0.2) is 5.13 Å². The molecule has 0 atom stereocenters. The van der Waals surface area contributed by atoms with Crippen LogP contribution in [-0.4, -0.2) is 36.1 Å². The minimum atomic E-state index is 0.612. The molecule has 1 fully saturated rings. The van der Waals surface area contributed by atoms with Gasteiger partial charge < -0.3 is 10.5 Å². The molecule has 3 rings (SSSR count). The van der Waals surface area contributed by atoms with Crippen LogP contribution in [0.5, 0.6) is 5.75 Å². The number of benzene rings is 1. The van der Waals surface area contributed by atoms with Gasteiger partial charge in [-0.3, -0.25) is 4.90 Å². The predicted octanol–water partition coefficient (Wildman–Crippen LogP) is 2.74. The lowest BCUT2D eigenvalue weighted by Gasteiger charge is -2.26. The van der Waals surface area contributed by atoms with Gasteiger partial charge in [-0.05, 0) is 44.1 Å². The maximum atomic E-state index is 5.82. The number of fused-ring (bicyclic) bond motifs is 1. The van der Waals surface area contributed by atoms with Crippen LogP contribution in [0.2, 0.25) is 0 Å². The Morgan fingerprint density at radius 1 is 1.26 bits per heavy atom. The Kier molecular flexibility index (Phi) is 3.84. The van der Waals surface area contributed by atoms with E-state index in [4.69, 9.17) is 10.5 Å². The van der Waals surface area contributed by atoms with E-state index in [1.54, 1.807) is 0 Å². The molecule has 0 aliphatic carbocycles. The number of aromatic nitrogens is 1. The number of ether oxygens (including phenoxy) is 1. The Morgan fingerprint density at radius 2 is 2.11 bits per heavy atom. The molecule has 1 aromatic carbocycles. The first kappa shape index (κ1) is 12.7. The summed E-state index contributed by atoms with van der Waals surface area (Å²) in [6.07, 6.45) is 4.03. The number of hydrogen-bond acceptors (Lipinski definition) is 5. The molecule has 19 heavy (non-hydrogen) atoms. The van der Waals surface area contributed by atoms with Crippen molar-refractivity contribution in [2.24, 2.45) is 0 Å². The molecule has 2 N–H and O–H groups in total. The number of nitrogens with two attached hydrogens (primary N) is 1. The van der Waals surface area contributed by atoms with Crippen LogP contribution in [0.1, 0.15) is 19.3 Å². The van der Waals surface area contributed by atoms with Gasteiger partial charge >= 0.3 is 0 Å². The van der Waals surface area contributed by atoms with Gasteiger partial charge in [0.2, 0.25) is 0 Å². The third-order valence-electron chi connectivity index (χ3n) is 3.50. The van der Waals surface area contributed by atoms with Crippen LogP contribution < -0.4 is 10.5 Å². The average Bonchev–Trinajstić information content (AvgIpc) is 2.79. The second kappa shape index (κ2) is 5.75. The van der Waals surface area contributed by atoms with E-state index in [1.165, 1.54) is 43.7 Å². The SMILES string of the molecule is Nc1nc2ccc(OCCN3CCCCC3)cc2s1. The van der Waals surface area contributed by atoms with Gasteiger partial charge in [0.05, 0.1) is 10.2 Å². The molecule has 0 spiro atoms. The normalized spacial score (nSPS) is 16.8. The van der Waals surface area contributed by atoms with Crippen LogP contribution >= 0.6 is 11.3 Å². The highest BCUT2D eigenvalue weighted by molar-refractivity contribution is 7.22. The van der Waals surface area contributed by atoms with E-state index in [1.807, 2.05) is 18.2 Å². The van der Waals surface area contributed by atoms with Crippen LogP contribution in [0.25, 0.3) is 10.2 Å². The summed E-state index contributed by atoms with van der Waals surface area (Å²) < 4.78 is 6.91. The molecule has 2 heterocycles. The lowest BCUT2D eigenvalue weighted by Crippen LogP contribution is -2.33. The quantitative estimate of drug-likeness (QED) is 0.933. The highest BCUT2D eigenvalue weighted by Crippen LogP contribution is 2.27. The second-order valence-corrected chi connectivity index (χ2v) is 5.99. The molecule has 1 aliphatic rings. The molecular formula is C14H19N3OS. The zero-order valence-electron chi connectivity index (χ0n) is 11.0. The van der Waals surface area contributed by atoms with Crippen LogP contribution in [-0.2, 0) is 0 Å². The van der Waals surface area contributed by atoms with E-state index in [-0.39, 0.29) is 0 Å². The van der Waals surface area contributed by atoms with E-state index >= 15 is 0 Å². The number of nitrogens with zero attached hydrogens (tertiary/aromatic N) is 2. The Hall–Kier alpha value is -1.33. The van der Waals surface area contributed by atoms with Crippen LogP contribution in [0.3, 0.4) is 0 Å². The number of nitrogen functional groups attached to an aromatic ring is 1. The molecule has 0 saturated carbocycles. The zero-order valence-corrected chi connectivity index (χ0v) is 11.8. The maximum Gasteiger partial charge on any atom is 0.181 e. The predicted molar refractivity (Wildman–Crippen MR) is 79.8 cm³/mol. The largest absolute Gasteiger partial charge is 0.492 e. The minimum absolute atomic E-state index is 0.612. The highest BCUT2D eigenvalue weighted by atomic mass is 32.1. The van der Waals surface area contributed by atoms with Crippen molar-refractivity contribution in [3.8, 4) is 5.75 Å². The van der Waals surface area contributed by atoms with Crippen LogP contribution in [0.4, 0.5) is 5.13 Å². The lowest BCUT2D eigenvalue weighted by atomic mass is 10.1. The lowest BCUT2D eigenvalue weighted by molar-refractivity contribution is 0.183. The Balaban J connectivity index is 1.55. The van der Waals surface area contributed by atoms with Crippen molar-refractivity contribution >= 4 is 26.7 Å². The third-order valence-corrected chi connectivity index (χ3v) is 4.35. The van der Waals surface area contributed by atoms with Gasteiger partial charge in [0.1, 0.15) is 12.4 Å². The summed E-state index contributed by atoms with van der Waals surface area (Å²) in [5, 5.41) is 0.612. The minimum Gasteiger partial charge on any atom is -0.492 e. The van der Waals surface area contributed by atoms with E-state index in [9.17, 15) is 0 Å². The summed E-state index contributed by atoms with van der Waals surface area (Å²) >= 11 is 1.50. The molecule has 1 saturated heterocycles. The van der Waals surface area contributed by atoms with Crippen molar-refractivity contribution in [1.82, 2.24) is 9.88 Å². The molecule has 0 radical (unpaired) electrons.